The van der Waals surface area contributed by atoms with Crippen molar-refractivity contribution in [3.05, 3.63) is 54.1 Å². The number of hydrogen-bond acceptors (Lipinski definition) is 4. The average molecular weight is 253 g/mol. The first-order valence-electron chi connectivity index (χ1n) is 6.02. The molecule has 0 saturated heterocycles. The molecule has 0 atom stereocenters. The molecule has 2 rings (SSSR count). The van der Waals surface area contributed by atoms with Crippen molar-refractivity contribution in [2.45, 2.75) is 0 Å². The topological polar surface area (TPSA) is 71.1 Å². The van der Waals surface area contributed by atoms with Crippen LogP contribution in [0.25, 0.3) is 0 Å². The number of benzene rings is 2. The second kappa shape index (κ2) is 6.43. The van der Waals surface area contributed by atoms with Crippen molar-refractivity contribution in [3.63, 3.8) is 0 Å². The zero-order valence-corrected chi connectivity index (χ0v) is 10.5. The highest BCUT2D eigenvalue weighted by atomic mass is 16.5. The molecular weight excluding hydrogens is 238 g/mol. The van der Waals surface area contributed by atoms with Gasteiger partial charge in [0.1, 0.15) is 12.4 Å². The van der Waals surface area contributed by atoms with Gasteiger partial charge in [-0.2, -0.15) is 5.26 Å². The number of anilines is 2. The van der Waals surface area contributed by atoms with Gasteiger partial charge in [-0.25, -0.2) is 0 Å². The minimum absolute atomic E-state index is 0.493. The summed E-state index contributed by atoms with van der Waals surface area (Å²) in [6.07, 6.45) is 0. The van der Waals surface area contributed by atoms with Crippen molar-refractivity contribution < 1.29 is 4.74 Å². The number of nitrogens with zero attached hydrogens (tertiary/aromatic N) is 1. The highest BCUT2D eigenvalue weighted by Crippen LogP contribution is 2.21. The van der Waals surface area contributed by atoms with E-state index < -0.39 is 0 Å². The molecule has 2 aromatic carbocycles. The molecule has 0 aliphatic rings. The maximum atomic E-state index is 8.74. The number of nitriles is 1. The fraction of sp³-hybridized carbons (Fsp3) is 0.133. The van der Waals surface area contributed by atoms with Crippen LogP contribution in [0.1, 0.15) is 5.56 Å². The molecule has 0 aliphatic carbocycles. The van der Waals surface area contributed by atoms with Crippen LogP contribution in [-0.2, 0) is 0 Å². The van der Waals surface area contributed by atoms with E-state index in [1.54, 1.807) is 12.1 Å². The van der Waals surface area contributed by atoms with E-state index >= 15 is 0 Å². The summed E-state index contributed by atoms with van der Waals surface area (Å²) in [6.45, 7) is 0.994. The molecule has 4 nitrogen and oxygen atoms in total. The first-order chi connectivity index (χ1) is 9.31. The van der Waals surface area contributed by atoms with E-state index in [1.807, 2.05) is 36.4 Å². The molecule has 0 heterocycles. The minimum Gasteiger partial charge on any atom is -0.492 e. The molecule has 0 fully saturated rings. The number of rotatable bonds is 5. The second-order valence-corrected chi connectivity index (χ2v) is 3.98. The van der Waals surface area contributed by atoms with Gasteiger partial charge in [0.2, 0.25) is 0 Å². The Morgan fingerprint density at radius 2 is 1.89 bits per heavy atom. The van der Waals surface area contributed by atoms with Crippen LogP contribution in [0.5, 0.6) is 5.75 Å². The Morgan fingerprint density at radius 1 is 1.11 bits per heavy atom. The molecule has 0 amide bonds. The molecule has 4 heteroatoms. The summed E-state index contributed by atoms with van der Waals surface area (Å²) in [6, 6.07) is 17.0. The molecule has 0 radical (unpaired) electrons. The van der Waals surface area contributed by atoms with Gasteiger partial charge in [0.15, 0.2) is 0 Å². The maximum absolute atomic E-state index is 8.74. The Labute approximate surface area is 112 Å². The predicted molar refractivity (Wildman–Crippen MR) is 75.4 cm³/mol. The minimum atomic E-state index is 0.493. The van der Waals surface area contributed by atoms with E-state index in [9.17, 15) is 0 Å². The summed E-state index contributed by atoms with van der Waals surface area (Å²) in [7, 11) is 0. The Morgan fingerprint density at radius 3 is 2.58 bits per heavy atom. The van der Waals surface area contributed by atoms with Gasteiger partial charge in [0.25, 0.3) is 0 Å². The molecular formula is C15H15N3O. The summed E-state index contributed by atoms with van der Waals surface area (Å²) in [5.41, 5.74) is 7.90. The van der Waals surface area contributed by atoms with E-state index in [-0.39, 0.29) is 0 Å². The van der Waals surface area contributed by atoms with Crippen molar-refractivity contribution in [2.75, 3.05) is 18.5 Å². The quantitative estimate of drug-likeness (QED) is 0.859. The molecule has 0 bridgehead atoms. The molecule has 2 aromatic rings. The Kier molecular flexibility index (Phi) is 4.38. The molecule has 0 spiro atoms. The highest BCUT2D eigenvalue weighted by molar-refractivity contribution is 5.61. The lowest BCUT2D eigenvalue weighted by Crippen LogP contribution is -2.10. The standard InChI is InChI=1S/C15H15N3O/c16-8-9-19-15-3-1-2-14(10-15)18-13-6-4-12(11-17)5-7-13/h1-7,10,18H,8-9,16H2. The zero-order chi connectivity index (χ0) is 13.5. The van der Waals surface area contributed by atoms with Crippen LogP contribution in [0.4, 0.5) is 11.4 Å². The van der Waals surface area contributed by atoms with Crippen molar-refractivity contribution in [3.8, 4) is 11.8 Å². The van der Waals surface area contributed by atoms with Crippen LogP contribution >= 0.6 is 0 Å². The van der Waals surface area contributed by atoms with E-state index in [1.165, 1.54) is 0 Å². The summed E-state index contributed by atoms with van der Waals surface area (Å²) in [5.74, 6) is 0.782. The summed E-state index contributed by atoms with van der Waals surface area (Å²) < 4.78 is 5.46. The first-order valence-corrected chi connectivity index (χ1v) is 6.02. The second-order valence-electron chi connectivity index (χ2n) is 3.98. The SMILES string of the molecule is N#Cc1ccc(Nc2cccc(OCCN)c2)cc1. The number of nitrogens with two attached hydrogens (primary N) is 1. The third-order valence-electron chi connectivity index (χ3n) is 2.52. The third kappa shape index (κ3) is 3.73. The van der Waals surface area contributed by atoms with Crippen molar-refractivity contribution in [1.82, 2.24) is 0 Å². The highest BCUT2D eigenvalue weighted by Gasteiger charge is 1.98. The van der Waals surface area contributed by atoms with E-state index in [2.05, 4.69) is 11.4 Å². The molecule has 3 N–H and O–H groups in total. The van der Waals surface area contributed by atoms with Gasteiger partial charge in [0.05, 0.1) is 11.6 Å². The lowest BCUT2D eigenvalue weighted by Gasteiger charge is -2.09. The fourth-order valence-electron chi connectivity index (χ4n) is 1.64. The summed E-state index contributed by atoms with van der Waals surface area (Å²) in [5, 5.41) is 12.0. The van der Waals surface area contributed by atoms with Crippen LogP contribution in [0, 0.1) is 11.3 Å². The summed E-state index contributed by atoms with van der Waals surface area (Å²) in [4.78, 5) is 0. The number of hydrogen-bond donors (Lipinski definition) is 2. The average Bonchev–Trinajstić information content (AvgIpc) is 2.46. The fourth-order valence-corrected chi connectivity index (χ4v) is 1.64. The smallest absolute Gasteiger partial charge is 0.121 e. The van der Waals surface area contributed by atoms with Gasteiger partial charge in [-0.05, 0) is 36.4 Å². The Balaban J connectivity index is 2.07. The van der Waals surface area contributed by atoms with Crippen molar-refractivity contribution >= 4 is 11.4 Å². The third-order valence-corrected chi connectivity index (χ3v) is 2.52. The van der Waals surface area contributed by atoms with Gasteiger partial charge < -0.3 is 15.8 Å². The Bertz CT molecular complexity index is 573. The molecule has 0 aromatic heterocycles. The van der Waals surface area contributed by atoms with Gasteiger partial charge in [-0.15, -0.1) is 0 Å². The first kappa shape index (κ1) is 12.9. The van der Waals surface area contributed by atoms with Gasteiger partial charge in [-0.1, -0.05) is 6.07 Å². The van der Waals surface area contributed by atoms with Crippen molar-refractivity contribution in [1.29, 1.82) is 5.26 Å². The van der Waals surface area contributed by atoms with Crippen LogP contribution in [-0.4, -0.2) is 13.2 Å². The van der Waals surface area contributed by atoms with Crippen LogP contribution in [0.2, 0.25) is 0 Å². The molecule has 19 heavy (non-hydrogen) atoms. The van der Waals surface area contributed by atoms with Gasteiger partial charge >= 0.3 is 0 Å². The normalized spacial score (nSPS) is 9.68. The van der Waals surface area contributed by atoms with Crippen LogP contribution in [0.3, 0.4) is 0 Å². The van der Waals surface area contributed by atoms with Crippen LogP contribution in [0.15, 0.2) is 48.5 Å². The van der Waals surface area contributed by atoms with E-state index in [0.717, 1.165) is 17.1 Å². The lowest BCUT2D eigenvalue weighted by molar-refractivity contribution is 0.328. The van der Waals surface area contributed by atoms with Crippen molar-refractivity contribution in [2.24, 2.45) is 5.73 Å². The molecule has 96 valence electrons. The maximum Gasteiger partial charge on any atom is 0.121 e. The zero-order valence-electron chi connectivity index (χ0n) is 10.5. The number of ether oxygens (including phenoxy) is 1. The molecule has 0 aliphatic heterocycles. The number of nitrogens with one attached hydrogen (secondary N) is 1. The molecule has 0 unspecified atom stereocenters. The van der Waals surface area contributed by atoms with E-state index in [4.69, 9.17) is 15.7 Å². The summed E-state index contributed by atoms with van der Waals surface area (Å²) >= 11 is 0. The molecule has 0 saturated carbocycles. The van der Waals surface area contributed by atoms with Gasteiger partial charge in [-0.3, -0.25) is 0 Å². The largest absolute Gasteiger partial charge is 0.492 e. The lowest BCUT2D eigenvalue weighted by atomic mass is 10.2. The predicted octanol–water partition coefficient (Wildman–Crippen LogP) is 2.64. The van der Waals surface area contributed by atoms with E-state index in [0.29, 0.717) is 18.7 Å². The van der Waals surface area contributed by atoms with Gasteiger partial charge in [0, 0.05) is 24.0 Å². The monoisotopic (exact) mass is 253 g/mol. The van der Waals surface area contributed by atoms with Crippen LogP contribution < -0.4 is 15.8 Å². The Hall–Kier alpha value is -2.51.